The molecule has 8 nitrogen and oxygen atoms in total. The summed E-state index contributed by atoms with van der Waals surface area (Å²) >= 11 is 0. The van der Waals surface area contributed by atoms with E-state index in [2.05, 4.69) is 15.0 Å². The van der Waals surface area contributed by atoms with Crippen LogP contribution in [0.3, 0.4) is 0 Å². The predicted molar refractivity (Wildman–Crippen MR) is 130 cm³/mol. The molecule has 3 aromatic rings. The average Bonchev–Trinajstić information content (AvgIpc) is 3.64. The Morgan fingerprint density at radius 3 is 2.32 bits per heavy atom. The van der Waals surface area contributed by atoms with Gasteiger partial charge in [-0.1, -0.05) is 12.1 Å². The molecule has 176 valence electrons. The molecule has 0 unspecified atom stereocenters. The fourth-order valence-corrected chi connectivity index (χ4v) is 4.78. The molecule has 1 fully saturated rings. The number of rotatable bonds is 9. The number of hydrogen-bond donors (Lipinski definition) is 2. The zero-order valence-electron chi connectivity index (χ0n) is 18.8. The van der Waals surface area contributed by atoms with Crippen molar-refractivity contribution < 1.29 is 18.0 Å². The number of benzene rings is 2. The van der Waals surface area contributed by atoms with E-state index in [1.54, 1.807) is 59.8 Å². The molecule has 4 rings (SSSR count). The molecule has 0 spiro atoms. The second-order valence-corrected chi connectivity index (χ2v) is 9.82. The molecular weight excluding hydrogens is 452 g/mol. The zero-order valence-corrected chi connectivity index (χ0v) is 19.6. The van der Waals surface area contributed by atoms with Gasteiger partial charge < -0.3 is 10.2 Å². The van der Waals surface area contributed by atoms with Crippen molar-refractivity contribution in [2.24, 2.45) is 0 Å². The minimum Gasteiger partial charge on any atom is -0.326 e. The third kappa shape index (κ3) is 5.86. The standard InChI is InChI=1S/C25H26N4O4S/c1-2-29(22-4-3-15-26-17-22)25(31)19-7-9-20(10-8-19)27-24(30)16-18-5-13-23(14-6-18)34(32,33)28-21-11-12-21/h3-10,13-15,17,21,28H,2,11-12,16H2,1H3,(H,27,30). The third-order valence-electron chi connectivity index (χ3n) is 5.43. The van der Waals surface area contributed by atoms with E-state index in [0.717, 1.165) is 18.5 Å². The van der Waals surface area contributed by atoms with Crippen LogP contribution in [-0.2, 0) is 21.2 Å². The fraction of sp³-hybridized carbons (Fsp3) is 0.240. The lowest BCUT2D eigenvalue weighted by molar-refractivity contribution is -0.115. The summed E-state index contributed by atoms with van der Waals surface area (Å²) in [4.78, 5) is 31.2. The monoisotopic (exact) mass is 478 g/mol. The number of amides is 2. The van der Waals surface area contributed by atoms with Crippen molar-refractivity contribution in [3.8, 4) is 0 Å². The summed E-state index contributed by atoms with van der Waals surface area (Å²) in [6.07, 6.45) is 5.13. The number of carbonyl (C=O) groups is 2. The van der Waals surface area contributed by atoms with Crippen molar-refractivity contribution in [2.75, 3.05) is 16.8 Å². The Morgan fingerprint density at radius 2 is 1.74 bits per heavy atom. The number of nitrogens with zero attached hydrogens (tertiary/aromatic N) is 2. The quantitative estimate of drug-likeness (QED) is 0.490. The lowest BCUT2D eigenvalue weighted by Gasteiger charge is -2.20. The summed E-state index contributed by atoms with van der Waals surface area (Å²) in [6, 6.07) is 16.6. The van der Waals surface area contributed by atoms with E-state index in [0.29, 0.717) is 23.4 Å². The van der Waals surface area contributed by atoms with Crippen LogP contribution < -0.4 is 14.9 Å². The second-order valence-electron chi connectivity index (χ2n) is 8.10. The molecule has 0 saturated heterocycles. The summed E-state index contributed by atoms with van der Waals surface area (Å²) in [6.45, 7) is 2.39. The number of sulfonamides is 1. The highest BCUT2D eigenvalue weighted by atomic mass is 32.2. The van der Waals surface area contributed by atoms with Gasteiger partial charge in [-0.15, -0.1) is 0 Å². The van der Waals surface area contributed by atoms with Crippen LogP contribution >= 0.6 is 0 Å². The molecule has 1 aliphatic carbocycles. The molecule has 0 aliphatic heterocycles. The summed E-state index contributed by atoms with van der Waals surface area (Å²) in [7, 11) is -3.51. The van der Waals surface area contributed by atoms with Gasteiger partial charge in [-0.05, 0) is 73.9 Å². The first-order chi connectivity index (χ1) is 16.4. The lowest BCUT2D eigenvalue weighted by atomic mass is 10.1. The van der Waals surface area contributed by atoms with Gasteiger partial charge in [0.25, 0.3) is 5.91 Å². The number of carbonyl (C=O) groups excluding carboxylic acids is 2. The van der Waals surface area contributed by atoms with Crippen LogP contribution in [0.25, 0.3) is 0 Å². The van der Waals surface area contributed by atoms with Crippen LogP contribution in [0.5, 0.6) is 0 Å². The lowest BCUT2D eigenvalue weighted by Crippen LogP contribution is -2.30. The number of nitrogens with one attached hydrogen (secondary N) is 2. The number of anilines is 2. The molecule has 2 amide bonds. The number of hydrogen-bond acceptors (Lipinski definition) is 5. The molecule has 2 N–H and O–H groups in total. The van der Waals surface area contributed by atoms with Crippen molar-refractivity contribution in [1.82, 2.24) is 9.71 Å². The maximum atomic E-state index is 12.9. The minimum atomic E-state index is -3.51. The second kappa shape index (κ2) is 10.1. The molecule has 9 heteroatoms. The van der Waals surface area contributed by atoms with Crippen molar-refractivity contribution in [1.29, 1.82) is 0 Å². The topological polar surface area (TPSA) is 108 Å². The van der Waals surface area contributed by atoms with Crippen LogP contribution in [0, 0.1) is 0 Å². The van der Waals surface area contributed by atoms with E-state index in [4.69, 9.17) is 0 Å². The van der Waals surface area contributed by atoms with Gasteiger partial charge in [0.15, 0.2) is 0 Å². The van der Waals surface area contributed by atoms with Crippen molar-refractivity contribution in [2.45, 2.75) is 37.1 Å². The van der Waals surface area contributed by atoms with Gasteiger partial charge in [0.05, 0.1) is 23.2 Å². The Kier molecular flexibility index (Phi) is 7.04. The van der Waals surface area contributed by atoms with E-state index in [1.807, 2.05) is 13.0 Å². The average molecular weight is 479 g/mol. The molecule has 1 heterocycles. The number of pyridine rings is 1. The Balaban J connectivity index is 1.35. The highest BCUT2D eigenvalue weighted by Gasteiger charge is 2.27. The van der Waals surface area contributed by atoms with Gasteiger partial charge >= 0.3 is 0 Å². The Hall–Kier alpha value is -3.56. The maximum Gasteiger partial charge on any atom is 0.258 e. The summed E-state index contributed by atoms with van der Waals surface area (Å²) in [5, 5.41) is 2.81. The molecule has 1 saturated carbocycles. The highest BCUT2D eigenvalue weighted by Crippen LogP contribution is 2.22. The van der Waals surface area contributed by atoms with Gasteiger partial charge in [0.1, 0.15) is 0 Å². The van der Waals surface area contributed by atoms with Gasteiger partial charge in [-0.3, -0.25) is 14.6 Å². The highest BCUT2D eigenvalue weighted by molar-refractivity contribution is 7.89. The summed E-state index contributed by atoms with van der Waals surface area (Å²) in [5.74, 6) is -0.393. The van der Waals surface area contributed by atoms with Gasteiger partial charge in [0.2, 0.25) is 15.9 Å². The van der Waals surface area contributed by atoms with Crippen molar-refractivity contribution >= 4 is 33.2 Å². The van der Waals surface area contributed by atoms with Crippen LogP contribution in [0.1, 0.15) is 35.7 Å². The van der Waals surface area contributed by atoms with E-state index >= 15 is 0 Å². The predicted octanol–water partition coefficient (Wildman–Crippen LogP) is 3.37. The third-order valence-corrected chi connectivity index (χ3v) is 6.97. The number of aromatic nitrogens is 1. The largest absolute Gasteiger partial charge is 0.326 e. The molecule has 0 bridgehead atoms. The molecule has 2 aromatic carbocycles. The molecule has 34 heavy (non-hydrogen) atoms. The van der Waals surface area contributed by atoms with E-state index in [1.165, 1.54) is 12.1 Å². The first-order valence-corrected chi connectivity index (χ1v) is 12.6. The van der Waals surface area contributed by atoms with Crippen LogP contribution in [-0.4, -0.2) is 37.8 Å². The van der Waals surface area contributed by atoms with E-state index in [-0.39, 0.29) is 29.2 Å². The summed E-state index contributed by atoms with van der Waals surface area (Å²) in [5.41, 5.74) is 2.48. The van der Waals surface area contributed by atoms with Gasteiger partial charge in [-0.25, -0.2) is 13.1 Å². The SMILES string of the molecule is CCN(C(=O)c1ccc(NC(=O)Cc2ccc(S(=O)(=O)NC3CC3)cc2)cc1)c1cccnc1. The molecular formula is C25H26N4O4S. The van der Waals surface area contributed by atoms with E-state index < -0.39 is 10.0 Å². The van der Waals surface area contributed by atoms with Crippen LogP contribution in [0.2, 0.25) is 0 Å². The van der Waals surface area contributed by atoms with E-state index in [9.17, 15) is 18.0 Å². The van der Waals surface area contributed by atoms with Crippen molar-refractivity contribution in [3.05, 3.63) is 84.2 Å². The Labute approximate surface area is 199 Å². The van der Waals surface area contributed by atoms with Gasteiger partial charge in [0, 0.05) is 30.0 Å². The first kappa shape index (κ1) is 23.6. The van der Waals surface area contributed by atoms with Crippen LogP contribution in [0.15, 0.2) is 78.0 Å². The zero-order chi connectivity index (χ0) is 24.1. The molecule has 0 atom stereocenters. The van der Waals surface area contributed by atoms with Crippen LogP contribution in [0.4, 0.5) is 11.4 Å². The Morgan fingerprint density at radius 1 is 1.03 bits per heavy atom. The fourth-order valence-electron chi connectivity index (χ4n) is 3.47. The molecule has 1 aromatic heterocycles. The minimum absolute atomic E-state index is 0.0394. The first-order valence-electron chi connectivity index (χ1n) is 11.1. The normalized spacial score (nSPS) is 13.3. The van der Waals surface area contributed by atoms with Crippen molar-refractivity contribution in [3.63, 3.8) is 0 Å². The van der Waals surface area contributed by atoms with Gasteiger partial charge in [-0.2, -0.15) is 0 Å². The molecule has 1 aliphatic rings. The smallest absolute Gasteiger partial charge is 0.258 e. The molecule has 0 radical (unpaired) electrons. The maximum absolute atomic E-state index is 12.9. The Bertz CT molecular complexity index is 1260. The summed E-state index contributed by atoms with van der Waals surface area (Å²) < 4.78 is 27.1.